The number of aliphatic hydroxyl groups is 1. The standard InChI is InChI=1S/C13H16BrF3O3/c1-19-11-6-8(9(14)7-12(11)20-2)10(18)4-3-5-13(15,16)17/h6-7,10,18H,3-5H2,1-2H3. The SMILES string of the molecule is COc1cc(Br)c(C(O)CCCC(F)(F)F)cc1OC. The molecule has 0 aliphatic rings. The van der Waals surface area contributed by atoms with Crippen molar-refractivity contribution in [2.45, 2.75) is 31.5 Å². The topological polar surface area (TPSA) is 38.7 Å². The molecule has 3 nitrogen and oxygen atoms in total. The Morgan fingerprint density at radius 3 is 2.25 bits per heavy atom. The van der Waals surface area contributed by atoms with Crippen LogP contribution in [0, 0.1) is 0 Å². The number of rotatable bonds is 6. The molecular weight excluding hydrogens is 341 g/mol. The molecule has 0 saturated carbocycles. The van der Waals surface area contributed by atoms with E-state index >= 15 is 0 Å². The Labute approximate surface area is 123 Å². The molecular formula is C13H16BrF3O3. The molecule has 0 aliphatic carbocycles. The van der Waals surface area contributed by atoms with Crippen molar-refractivity contribution in [2.75, 3.05) is 14.2 Å². The van der Waals surface area contributed by atoms with Gasteiger partial charge in [0.25, 0.3) is 0 Å². The Kier molecular flexibility index (Phi) is 6.13. The summed E-state index contributed by atoms with van der Waals surface area (Å²) in [4.78, 5) is 0. The maximum atomic E-state index is 12.1. The lowest BCUT2D eigenvalue weighted by Gasteiger charge is -2.16. The fraction of sp³-hybridized carbons (Fsp3) is 0.538. The molecule has 0 spiro atoms. The normalized spacial score (nSPS) is 13.2. The third-order valence-electron chi connectivity index (χ3n) is 2.80. The van der Waals surface area contributed by atoms with Gasteiger partial charge in [-0.25, -0.2) is 0 Å². The summed E-state index contributed by atoms with van der Waals surface area (Å²) < 4.78 is 47.0. The van der Waals surface area contributed by atoms with E-state index in [4.69, 9.17) is 9.47 Å². The minimum atomic E-state index is -4.20. The maximum Gasteiger partial charge on any atom is 0.389 e. The number of benzene rings is 1. The lowest BCUT2D eigenvalue weighted by Crippen LogP contribution is -2.08. The van der Waals surface area contributed by atoms with Crippen LogP contribution < -0.4 is 9.47 Å². The van der Waals surface area contributed by atoms with Gasteiger partial charge in [-0.1, -0.05) is 15.9 Å². The molecule has 1 aromatic carbocycles. The van der Waals surface area contributed by atoms with Crippen LogP contribution in [0.3, 0.4) is 0 Å². The molecule has 1 rings (SSSR count). The van der Waals surface area contributed by atoms with E-state index in [0.29, 0.717) is 21.5 Å². The minimum Gasteiger partial charge on any atom is -0.493 e. The van der Waals surface area contributed by atoms with Crippen molar-refractivity contribution >= 4 is 15.9 Å². The van der Waals surface area contributed by atoms with Crippen molar-refractivity contribution in [1.29, 1.82) is 0 Å². The first-order valence-electron chi connectivity index (χ1n) is 5.94. The summed E-state index contributed by atoms with van der Waals surface area (Å²) in [6.07, 6.45) is -6.21. The fourth-order valence-electron chi connectivity index (χ4n) is 1.78. The van der Waals surface area contributed by atoms with Gasteiger partial charge in [-0.15, -0.1) is 0 Å². The van der Waals surface area contributed by atoms with E-state index in [1.807, 2.05) is 0 Å². The van der Waals surface area contributed by atoms with Crippen LogP contribution in [0.15, 0.2) is 16.6 Å². The smallest absolute Gasteiger partial charge is 0.389 e. The minimum absolute atomic E-state index is 0.0214. The quantitative estimate of drug-likeness (QED) is 0.828. The first-order valence-corrected chi connectivity index (χ1v) is 6.74. The third kappa shape index (κ3) is 4.86. The summed E-state index contributed by atoms with van der Waals surface area (Å²) in [6, 6.07) is 3.17. The van der Waals surface area contributed by atoms with Crippen molar-refractivity contribution in [2.24, 2.45) is 0 Å². The van der Waals surface area contributed by atoms with Crippen LogP contribution in [0.2, 0.25) is 0 Å². The van der Waals surface area contributed by atoms with E-state index < -0.39 is 18.7 Å². The summed E-state index contributed by atoms with van der Waals surface area (Å²) >= 11 is 3.27. The molecule has 1 aromatic rings. The van der Waals surface area contributed by atoms with Gasteiger partial charge in [0, 0.05) is 10.9 Å². The van der Waals surface area contributed by atoms with E-state index in [-0.39, 0.29) is 12.8 Å². The monoisotopic (exact) mass is 356 g/mol. The largest absolute Gasteiger partial charge is 0.493 e. The van der Waals surface area contributed by atoms with Crippen molar-refractivity contribution in [1.82, 2.24) is 0 Å². The third-order valence-corrected chi connectivity index (χ3v) is 3.49. The van der Waals surface area contributed by atoms with E-state index in [2.05, 4.69) is 15.9 Å². The van der Waals surface area contributed by atoms with E-state index in [9.17, 15) is 18.3 Å². The van der Waals surface area contributed by atoms with Crippen LogP contribution in [0.4, 0.5) is 13.2 Å². The summed E-state index contributed by atoms with van der Waals surface area (Å²) in [7, 11) is 2.93. The molecule has 7 heteroatoms. The van der Waals surface area contributed by atoms with Crippen LogP contribution in [0.1, 0.15) is 30.9 Å². The van der Waals surface area contributed by atoms with Crippen LogP contribution >= 0.6 is 15.9 Å². The highest BCUT2D eigenvalue weighted by molar-refractivity contribution is 9.10. The number of hydrogen-bond donors (Lipinski definition) is 1. The van der Waals surface area contributed by atoms with Crippen LogP contribution in [0.5, 0.6) is 11.5 Å². The van der Waals surface area contributed by atoms with Gasteiger partial charge < -0.3 is 14.6 Å². The number of halogens is 4. The Balaban J connectivity index is 2.79. The van der Waals surface area contributed by atoms with Crippen LogP contribution in [-0.2, 0) is 0 Å². The number of aliphatic hydroxyl groups excluding tert-OH is 1. The molecule has 0 radical (unpaired) electrons. The van der Waals surface area contributed by atoms with Gasteiger partial charge in [-0.3, -0.25) is 0 Å². The predicted molar refractivity (Wildman–Crippen MR) is 72.1 cm³/mol. The van der Waals surface area contributed by atoms with Crippen molar-refractivity contribution < 1.29 is 27.8 Å². The Bertz CT molecular complexity index is 449. The average Bonchev–Trinajstić information content (AvgIpc) is 2.36. The van der Waals surface area contributed by atoms with Gasteiger partial charge in [0.15, 0.2) is 11.5 Å². The molecule has 1 unspecified atom stereocenters. The van der Waals surface area contributed by atoms with Crippen molar-refractivity contribution in [3.05, 3.63) is 22.2 Å². The van der Waals surface area contributed by atoms with Gasteiger partial charge in [-0.05, 0) is 30.5 Å². The predicted octanol–water partition coefficient (Wildman–Crippen LogP) is 4.23. The zero-order valence-electron chi connectivity index (χ0n) is 11.1. The number of alkyl halides is 3. The molecule has 0 amide bonds. The number of ether oxygens (including phenoxy) is 2. The average molecular weight is 357 g/mol. The summed E-state index contributed by atoms with van der Waals surface area (Å²) in [5.74, 6) is 0.895. The molecule has 0 fully saturated rings. The Hall–Kier alpha value is -0.950. The van der Waals surface area contributed by atoms with Gasteiger partial charge >= 0.3 is 6.18 Å². The molecule has 0 aliphatic heterocycles. The van der Waals surface area contributed by atoms with Crippen LogP contribution in [-0.4, -0.2) is 25.5 Å². The molecule has 114 valence electrons. The molecule has 1 N–H and O–H groups in total. The number of methoxy groups -OCH3 is 2. The van der Waals surface area contributed by atoms with Crippen LogP contribution in [0.25, 0.3) is 0 Å². The fourth-order valence-corrected chi connectivity index (χ4v) is 2.36. The molecule has 0 aromatic heterocycles. The maximum absolute atomic E-state index is 12.1. The first kappa shape index (κ1) is 17.1. The lowest BCUT2D eigenvalue weighted by molar-refractivity contribution is -0.136. The van der Waals surface area contributed by atoms with Gasteiger partial charge in [0.2, 0.25) is 0 Å². The summed E-state index contributed by atoms with van der Waals surface area (Å²) in [5, 5.41) is 9.99. The summed E-state index contributed by atoms with van der Waals surface area (Å²) in [5.41, 5.74) is 0.477. The summed E-state index contributed by atoms with van der Waals surface area (Å²) in [6.45, 7) is 0. The van der Waals surface area contributed by atoms with Gasteiger partial charge in [-0.2, -0.15) is 13.2 Å². The van der Waals surface area contributed by atoms with Crippen molar-refractivity contribution in [3.63, 3.8) is 0 Å². The van der Waals surface area contributed by atoms with Gasteiger partial charge in [0.05, 0.1) is 20.3 Å². The second kappa shape index (κ2) is 7.17. The van der Waals surface area contributed by atoms with E-state index in [1.165, 1.54) is 14.2 Å². The molecule has 20 heavy (non-hydrogen) atoms. The Morgan fingerprint density at radius 1 is 1.20 bits per heavy atom. The van der Waals surface area contributed by atoms with Gasteiger partial charge in [0.1, 0.15) is 0 Å². The zero-order valence-corrected chi connectivity index (χ0v) is 12.7. The molecule has 0 heterocycles. The Morgan fingerprint density at radius 2 is 1.75 bits per heavy atom. The lowest BCUT2D eigenvalue weighted by atomic mass is 10.0. The highest BCUT2D eigenvalue weighted by Crippen LogP contribution is 2.37. The van der Waals surface area contributed by atoms with E-state index in [1.54, 1.807) is 12.1 Å². The highest BCUT2D eigenvalue weighted by Gasteiger charge is 2.27. The molecule has 0 saturated heterocycles. The zero-order chi connectivity index (χ0) is 15.3. The van der Waals surface area contributed by atoms with Crippen molar-refractivity contribution in [3.8, 4) is 11.5 Å². The molecule has 0 bridgehead atoms. The number of hydrogen-bond acceptors (Lipinski definition) is 3. The first-order chi connectivity index (χ1) is 9.28. The second-order valence-corrected chi connectivity index (χ2v) is 5.11. The highest BCUT2D eigenvalue weighted by atomic mass is 79.9. The molecule has 1 atom stereocenters. The van der Waals surface area contributed by atoms with E-state index in [0.717, 1.165) is 0 Å². The second-order valence-electron chi connectivity index (χ2n) is 4.25.